The van der Waals surface area contributed by atoms with Crippen molar-refractivity contribution in [1.82, 2.24) is 0 Å². The average Bonchev–Trinajstić information content (AvgIpc) is 3.33. The number of hydrogen-bond donors (Lipinski definition) is 2. The van der Waals surface area contributed by atoms with Crippen LogP contribution in [0.2, 0.25) is 0 Å². The molecule has 5 rings (SSSR count). The first-order valence-corrected chi connectivity index (χ1v) is 13.7. The van der Waals surface area contributed by atoms with Crippen LogP contribution in [-0.4, -0.2) is 56.8 Å². The average molecular weight is 572 g/mol. The Labute approximate surface area is 207 Å². The summed E-state index contributed by atoms with van der Waals surface area (Å²) in [7, 11) is 0. The maximum Gasteiger partial charge on any atom is 0.331 e. The summed E-state index contributed by atoms with van der Waals surface area (Å²) in [5, 5.41) is 24.0. The van der Waals surface area contributed by atoms with Crippen LogP contribution in [0.5, 0.6) is 0 Å². The largest absolute Gasteiger partial charge is 0.462 e. The lowest BCUT2D eigenvalue weighted by atomic mass is 9.41. The standard InChI is InChI=1S/C25H33IO7/c1-22-6-3-18-19(25(22,31)9-5-17(22)15-10-20(28)32-13-15)4-8-24(30)11-16(33-21(29)12-26)2-7-23(18,24)14-27/h10,14,16-19,30-31H,2-9,11-13H2,1H3. The second-order valence-electron chi connectivity index (χ2n) is 11.2. The Morgan fingerprint density at radius 1 is 1.18 bits per heavy atom. The van der Waals surface area contributed by atoms with Crippen LogP contribution in [0.4, 0.5) is 0 Å². The van der Waals surface area contributed by atoms with Gasteiger partial charge in [-0.15, -0.1) is 0 Å². The van der Waals surface area contributed by atoms with Gasteiger partial charge in [0.25, 0.3) is 0 Å². The van der Waals surface area contributed by atoms with Crippen molar-refractivity contribution in [2.75, 3.05) is 11.0 Å². The number of halogens is 1. The second kappa shape index (κ2) is 8.01. The summed E-state index contributed by atoms with van der Waals surface area (Å²) < 4.78 is 11.0. The Balaban J connectivity index is 1.44. The highest BCUT2D eigenvalue weighted by Gasteiger charge is 2.71. The highest BCUT2D eigenvalue weighted by atomic mass is 127. The predicted molar refractivity (Wildman–Crippen MR) is 126 cm³/mol. The summed E-state index contributed by atoms with van der Waals surface area (Å²) in [5.41, 5.74) is -2.51. The topological polar surface area (TPSA) is 110 Å². The third-order valence-electron chi connectivity index (χ3n) is 10.2. The number of cyclic esters (lactones) is 1. The van der Waals surface area contributed by atoms with Crippen molar-refractivity contribution < 1.29 is 34.1 Å². The van der Waals surface area contributed by atoms with E-state index >= 15 is 0 Å². The summed E-state index contributed by atoms with van der Waals surface area (Å²) in [4.78, 5) is 36.3. The molecule has 0 aromatic heterocycles. The third kappa shape index (κ3) is 3.22. The summed E-state index contributed by atoms with van der Waals surface area (Å²) in [6.07, 6.45) is 7.45. The molecule has 5 aliphatic rings. The number of fused-ring (bicyclic) bond motifs is 5. The van der Waals surface area contributed by atoms with Gasteiger partial charge in [-0.2, -0.15) is 0 Å². The monoisotopic (exact) mass is 572 g/mol. The van der Waals surface area contributed by atoms with E-state index in [1.54, 1.807) is 6.08 Å². The maximum absolute atomic E-state index is 12.7. The quantitative estimate of drug-likeness (QED) is 0.231. The minimum atomic E-state index is -1.22. The molecular weight excluding hydrogens is 539 g/mol. The first-order valence-electron chi connectivity index (χ1n) is 12.2. The van der Waals surface area contributed by atoms with E-state index in [2.05, 4.69) is 6.92 Å². The molecule has 1 heterocycles. The van der Waals surface area contributed by atoms with Crippen molar-refractivity contribution in [3.63, 3.8) is 0 Å². The minimum absolute atomic E-state index is 0.0844. The van der Waals surface area contributed by atoms with E-state index in [9.17, 15) is 24.6 Å². The first kappa shape index (κ1) is 23.7. The highest BCUT2D eigenvalue weighted by Crippen LogP contribution is 2.70. The van der Waals surface area contributed by atoms with Crippen LogP contribution < -0.4 is 0 Å². The lowest BCUT2D eigenvalue weighted by Crippen LogP contribution is -2.69. The number of alkyl halides is 1. The molecule has 4 fully saturated rings. The normalized spacial score (nSPS) is 48.7. The van der Waals surface area contributed by atoms with Crippen molar-refractivity contribution in [1.29, 1.82) is 0 Å². The van der Waals surface area contributed by atoms with E-state index in [4.69, 9.17) is 9.47 Å². The summed E-state index contributed by atoms with van der Waals surface area (Å²) in [5.74, 6) is -0.701. The van der Waals surface area contributed by atoms with Gasteiger partial charge in [-0.1, -0.05) is 29.5 Å². The van der Waals surface area contributed by atoms with Crippen molar-refractivity contribution in [2.24, 2.45) is 28.6 Å². The molecule has 0 amide bonds. The van der Waals surface area contributed by atoms with Gasteiger partial charge in [-0.05, 0) is 74.7 Å². The molecule has 4 saturated carbocycles. The minimum Gasteiger partial charge on any atom is -0.462 e. The van der Waals surface area contributed by atoms with Crippen molar-refractivity contribution >= 4 is 40.8 Å². The lowest BCUT2D eigenvalue weighted by Gasteiger charge is -2.65. The van der Waals surface area contributed by atoms with Gasteiger partial charge in [0.15, 0.2) is 0 Å². The van der Waals surface area contributed by atoms with Crippen LogP contribution in [-0.2, 0) is 23.9 Å². The number of hydrogen-bond acceptors (Lipinski definition) is 7. The van der Waals surface area contributed by atoms with Crippen LogP contribution in [0.25, 0.3) is 0 Å². The van der Waals surface area contributed by atoms with Gasteiger partial charge >= 0.3 is 11.9 Å². The SMILES string of the molecule is CC12CCC3C(CCC4(O)CC(OC(=O)CI)CCC34C=O)C1(O)CCC2C1=CC(=O)OC1. The molecule has 0 aromatic rings. The van der Waals surface area contributed by atoms with Crippen LogP contribution in [0, 0.1) is 28.6 Å². The van der Waals surface area contributed by atoms with Gasteiger partial charge in [0.1, 0.15) is 19.0 Å². The number of rotatable bonds is 4. The Morgan fingerprint density at radius 2 is 1.94 bits per heavy atom. The molecule has 0 radical (unpaired) electrons. The van der Waals surface area contributed by atoms with E-state index in [1.807, 2.05) is 22.6 Å². The van der Waals surface area contributed by atoms with Gasteiger partial charge in [0.05, 0.1) is 21.0 Å². The molecule has 0 saturated heterocycles. The van der Waals surface area contributed by atoms with E-state index < -0.39 is 16.6 Å². The molecule has 33 heavy (non-hydrogen) atoms. The zero-order chi connectivity index (χ0) is 23.6. The third-order valence-corrected chi connectivity index (χ3v) is 10.9. The summed E-state index contributed by atoms with van der Waals surface area (Å²) in [6, 6.07) is 0. The molecule has 8 unspecified atom stereocenters. The number of carbonyl (C=O) groups excluding carboxylic acids is 3. The number of aldehydes is 1. The second-order valence-corrected chi connectivity index (χ2v) is 12.0. The zero-order valence-corrected chi connectivity index (χ0v) is 21.2. The van der Waals surface area contributed by atoms with Gasteiger partial charge < -0.3 is 24.5 Å². The van der Waals surface area contributed by atoms with Crippen molar-refractivity contribution in [3.05, 3.63) is 11.6 Å². The van der Waals surface area contributed by atoms with Gasteiger partial charge in [0, 0.05) is 17.9 Å². The predicted octanol–water partition coefficient (Wildman–Crippen LogP) is 2.88. The lowest BCUT2D eigenvalue weighted by molar-refractivity contribution is -0.249. The molecule has 0 aromatic carbocycles. The van der Waals surface area contributed by atoms with Crippen LogP contribution in [0.1, 0.15) is 64.7 Å². The summed E-state index contributed by atoms with van der Waals surface area (Å²) >= 11 is 1.97. The zero-order valence-electron chi connectivity index (χ0n) is 19.1. The van der Waals surface area contributed by atoms with E-state index in [0.29, 0.717) is 38.7 Å². The Morgan fingerprint density at radius 3 is 2.61 bits per heavy atom. The molecule has 8 atom stereocenters. The van der Waals surface area contributed by atoms with E-state index in [-0.39, 0.29) is 52.1 Å². The van der Waals surface area contributed by atoms with E-state index in [1.165, 1.54) is 0 Å². The molecule has 182 valence electrons. The van der Waals surface area contributed by atoms with Crippen LogP contribution >= 0.6 is 22.6 Å². The number of aliphatic hydroxyl groups is 2. The Bertz CT molecular complexity index is 903. The fourth-order valence-corrected chi connectivity index (χ4v) is 8.82. The first-order chi connectivity index (χ1) is 15.6. The highest BCUT2D eigenvalue weighted by molar-refractivity contribution is 14.1. The molecule has 8 heteroatoms. The van der Waals surface area contributed by atoms with Gasteiger partial charge in [-0.3, -0.25) is 4.79 Å². The molecule has 2 N–H and O–H groups in total. The fourth-order valence-electron chi connectivity index (χ4n) is 8.64. The van der Waals surface area contributed by atoms with Crippen LogP contribution in [0.15, 0.2) is 11.6 Å². The Hall–Kier alpha value is -1.00. The smallest absolute Gasteiger partial charge is 0.331 e. The molecule has 4 aliphatic carbocycles. The van der Waals surface area contributed by atoms with Gasteiger partial charge in [0.2, 0.25) is 0 Å². The fraction of sp³-hybridized carbons (Fsp3) is 0.800. The number of esters is 2. The van der Waals surface area contributed by atoms with Gasteiger partial charge in [-0.25, -0.2) is 4.79 Å². The molecule has 7 nitrogen and oxygen atoms in total. The van der Waals surface area contributed by atoms with E-state index in [0.717, 1.165) is 31.1 Å². The summed E-state index contributed by atoms with van der Waals surface area (Å²) in [6.45, 7) is 2.44. The Kier molecular flexibility index (Phi) is 5.76. The molecular formula is C25H33IO7. The molecule has 0 bridgehead atoms. The van der Waals surface area contributed by atoms with Crippen LogP contribution in [0.3, 0.4) is 0 Å². The number of ether oxygens (including phenoxy) is 2. The molecule has 0 spiro atoms. The maximum atomic E-state index is 12.7. The van der Waals surface area contributed by atoms with Crippen molar-refractivity contribution in [3.8, 4) is 0 Å². The molecule has 1 aliphatic heterocycles. The number of carbonyl (C=O) groups is 3. The van der Waals surface area contributed by atoms with Crippen molar-refractivity contribution in [2.45, 2.75) is 82.0 Å².